The van der Waals surface area contributed by atoms with Crippen molar-refractivity contribution in [1.82, 2.24) is 20.1 Å². The third-order valence-electron chi connectivity index (χ3n) is 5.72. The molecule has 0 unspecified atom stereocenters. The quantitative estimate of drug-likeness (QED) is 0.713. The second kappa shape index (κ2) is 7.66. The molecule has 1 saturated heterocycles. The molecule has 3 aromatic rings. The molecule has 1 amide bonds. The van der Waals surface area contributed by atoms with Crippen LogP contribution >= 0.6 is 0 Å². The summed E-state index contributed by atoms with van der Waals surface area (Å²) in [6.07, 6.45) is 3.22. The molecule has 4 rings (SSSR count). The molecule has 0 atom stereocenters. The number of nitrogens with zero attached hydrogens (tertiary/aromatic N) is 2. The topological polar surface area (TPSA) is 81.8 Å². The van der Waals surface area contributed by atoms with Crippen LogP contribution in [0.1, 0.15) is 46.1 Å². The molecule has 0 bridgehead atoms. The highest BCUT2D eigenvalue weighted by Crippen LogP contribution is 2.34. The molecule has 2 N–H and O–H groups in total. The van der Waals surface area contributed by atoms with Crippen LogP contribution < -0.4 is 5.56 Å². The minimum absolute atomic E-state index is 0.188. The number of aromatic amines is 2. The number of amides is 1. The third-order valence-corrected chi connectivity index (χ3v) is 5.72. The van der Waals surface area contributed by atoms with Gasteiger partial charge in [0.15, 0.2) is 0 Å². The number of pyridine rings is 1. The molecule has 0 saturated carbocycles. The molecule has 1 fully saturated rings. The number of benzene rings is 1. The van der Waals surface area contributed by atoms with Crippen LogP contribution in [-0.2, 0) is 0 Å². The highest BCUT2D eigenvalue weighted by atomic mass is 19.1. The van der Waals surface area contributed by atoms with Gasteiger partial charge in [-0.2, -0.15) is 5.10 Å². The summed E-state index contributed by atoms with van der Waals surface area (Å²) in [4.78, 5) is 29.5. The molecule has 6 nitrogen and oxygen atoms in total. The zero-order valence-corrected chi connectivity index (χ0v) is 16.5. The fraction of sp³-hybridized carbons (Fsp3) is 0.318. The van der Waals surface area contributed by atoms with E-state index in [0.717, 1.165) is 40.9 Å². The Hall–Kier alpha value is -3.22. The Kier molecular flexibility index (Phi) is 5.05. The van der Waals surface area contributed by atoms with Gasteiger partial charge in [-0.1, -0.05) is 12.1 Å². The molecule has 1 aromatic carbocycles. The first-order valence-electron chi connectivity index (χ1n) is 9.73. The Morgan fingerprint density at radius 1 is 1.21 bits per heavy atom. The minimum atomic E-state index is -0.345. The number of rotatable bonds is 3. The van der Waals surface area contributed by atoms with E-state index in [1.165, 1.54) is 12.1 Å². The first kappa shape index (κ1) is 19.1. The Morgan fingerprint density at radius 3 is 2.69 bits per heavy atom. The third kappa shape index (κ3) is 3.72. The lowest BCUT2D eigenvalue weighted by atomic mass is 9.89. The van der Waals surface area contributed by atoms with Crippen molar-refractivity contribution in [2.45, 2.75) is 32.6 Å². The summed E-state index contributed by atoms with van der Waals surface area (Å²) in [6.45, 7) is 4.80. The summed E-state index contributed by atoms with van der Waals surface area (Å²) >= 11 is 0. The fourth-order valence-electron chi connectivity index (χ4n) is 3.92. The second-order valence-electron chi connectivity index (χ2n) is 7.59. The van der Waals surface area contributed by atoms with Crippen molar-refractivity contribution in [3.05, 3.63) is 75.2 Å². The van der Waals surface area contributed by atoms with Crippen molar-refractivity contribution in [1.29, 1.82) is 0 Å². The maximum atomic E-state index is 13.6. The molecule has 2 aromatic heterocycles. The monoisotopic (exact) mass is 394 g/mol. The number of hydrogen-bond donors (Lipinski definition) is 2. The van der Waals surface area contributed by atoms with Crippen molar-refractivity contribution in [3.63, 3.8) is 0 Å². The van der Waals surface area contributed by atoms with Crippen molar-refractivity contribution in [2.75, 3.05) is 13.1 Å². The lowest BCUT2D eigenvalue weighted by Crippen LogP contribution is -2.40. The van der Waals surface area contributed by atoms with E-state index in [0.29, 0.717) is 13.1 Å². The van der Waals surface area contributed by atoms with Crippen LogP contribution in [0.4, 0.5) is 4.39 Å². The number of aromatic nitrogens is 3. The van der Waals surface area contributed by atoms with Crippen molar-refractivity contribution in [2.24, 2.45) is 0 Å². The zero-order chi connectivity index (χ0) is 20.5. The summed E-state index contributed by atoms with van der Waals surface area (Å²) in [5, 5.41) is 7.22. The highest BCUT2D eigenvalue weighted by Gasteiger charge is 2.28. The molecular weight excluding hydrogens is 371 g/mol. The van der Waals surface area contributed by atoms with Gasteiger partial charge in [-0.25, -0.2) is 4.39 Å². The van der Waals surface area contributed by atoms with Crippen LogP contribution in [-0.4, -0.2) is 39.1 Å². The molecule has 3 heterocycles. The standard InChI is InChI=1S/C22H23FN4O2/c1-13-10-18(21(28)25-14(13)2)22(29)27-8-6-15(7-9-27)20-19(12-24-26-20)16-4-3-5-17(23)11-16/h3-5,10-12,15H,6-9H2,1-2H3,(H,24,26)(H,25,28). The van der Waals surface area contributed by atoms with Crippen molar-refractivity contribution < 1.29 is 9.18 Å². The molecule has 150 valence electrons. The molecule has 0 aliphatic carbocycles. The molecule has 7 heteroatoms. The van der Waals surface area contributed by atoms with E-state index in [4.69, 9.17) is 0 Å². The van der Waals surface area contributed by atoms with Crippen LogP contribution in [0.3, 0.4) is 0 Å². The lowest BCUT2D eigenvalue weighted by molar-refractivity contribution is 0.0710. The first-order chi connectivity index (χ1) is 13.9. The van der Waals surface area contributed by atoms with Crippen LogP contribution in [0, 0.1) is 19.7 Å². The summed E-state index contributed by atoms with van der Waals surface area (Å²) in [5.74, 6) is -0.325. The fourth-order valence-corrected chi connectivity index (χ4v) is 3.92. The number of piperidine rings is 1. The number of aryl methyl sites for hydroxylation is 2. The van der Waals surface area contributed by atoms with Crippen molar-refractivity contribution >= 4 is 5.91 Å². The first-order valence-corrected chi connectivity index (χ1v) is 9.73. The maximum Gasteiger partial charge on any atom is 0.261 e. The molecule has 0 radical (unpaired) electrons. The Labute approximate surface area is 167 Å². The lowest BCUT2D eigenvalue weighted by Gasteiger charge is -2.32. The Balaban J connectivity index is 1.50. The van der Waals surface area contributed by atoms with Gasteiger partial charge in [0.1, 0.15) is 11.4 Å². The maximum absolute atomic E-state index is 13.6. The summed E-state index contributed by atoms with van der Waals surface area (Å²) in [7, 11) is 0. The molecule has 0 spiro atoms. The van der Waals surface area contributed by atoms with E-state index in [1.807, 2.05) is 19.9 Å². The molecular formula is C22H23FN4O2. The Morgan fingerprint density at radius 2 is 1.97 bits per heavy atom. The molecule has 1 aliphatic rings. The average molecular weight is 394 g/mol. The number of halogens is 1. The number of likely N-dealkylation sites (tertiary alicyclic amines) is 1. The van der Waals surface area contributed by atoms with Gasteiger partial charge in [0.2, 0.25) is 0 Å². The van der Waals surface area contributed by atoms with Gasteiger partial charge in [-0.3, -0.25) is 14.7 Å². The van der Waals surface area contributed by atoms with Crippen LogP contribution in [0.15, 0.2) is 41.3 Å². The van der Waals surface area contributed by atoms with Gasteiger partial charge in [-0.05, 0) is 56.0 Å². The largest absolute Gasteiger partial charge is 0.338 e. The van der Waals surface area contributed by atoms with Gasteiger partial charge < -0.3 is 9.88 Å². The minimum Gasteiger partial charge on any atom is -0.338 e. The zero-order valence-electron chi connectivity index (χ0n) is 16.5. The van der Waals surface area contributed by atoms with Crippen molar-refractivity contribution in [3.8, 4) is 11.1 Å². The average Bonchev–Trinajstić information content (AvgIpc) is 3.20. The van der Waals surface area contributed by atoms with Gasteiger partial charge in [0, 0.05) is 36.0 Å². The van der Waals surface area contributed by atoms with E-state index in [-0.39, 0.29) is 28.8 Å². The van der Waals surface area contributed by atoms with Crippen LogP contribution in [0.25, 0.3) is 11.1 Å². The number of carbonyl (C=O) groups is 1. The normalized spacial score (nSPS) is 14.9. The smallest absolute Gasteiger partial charge is 0.261 e. The number of nitrogens with one attached hydrogen (secondary N) is 2. The van der Waals surface area contributed by atoms with E-state index < -0.39 is 0 Å². The van der Waals surface area contributed by atoms with Crippen LogP contribution in [0.5, 0.6) is 0 Å². The molecule has 1 aliphatic heterocycles. The van der Waals surface area contributed by atoms with E-state index in [1.54, 1.807) is 23.2 Å². The van der Waals surface area contributed by atoms with E-state index >= 15 is 0 Å². The van der Waals surface area contributed by atoms with Gasteiger partial charge in [0.05, 0.1) is 6.20 Å². The van der Waals surface area contributed by atoms with Gasteiger partial charge >= 0.3 is 0 Å². The predicted molar refractivity (Wildman–Crippen MR) is 108 cm³/mol. The SMILES string of the molecule is Cc1cc(C(=O)N2CCC(c3[nH]ncc3-c3cccc(F)c3)CC2)c(=O)[nH]c1C. The van der Waals surface area contributed by atoms with E-state index in [9.17, 15) is 14.0 Å². The summed E-state index contributed by atoms with van der Waals surface area (Å²) in [5.41, 5.74) is 4.14. The number of hydrogen-bond acceptors (Lipinski definition) is 3. The summed E-state index contributed by atoms with van der Waals surface area (Å²) in [6, 6.07) is 8.13. The second-order valence-corrected chi connectivity index (χ2v) is 7.59. The Bertz CT molecular complexity index is 1110. The summed E-state index contributed by atoms with van der Waals surface area (Å²) < 4.78 is 13.6. The predicted octanol–water partition coefficient (Wildman–Crippen LogP) is 3.54. The number of H-pyrrole nitrogens is 2. The van der Waals surface area contributed by atoms with E-state index in [2.05, 4.69) is 15.2 Å². The van der Waals surface area contributed by atoms with Gasteiger partial charge in [0.25, 0.3) is 11.5 Å². The molecule has 29 heavy (non-hydrogen) atoms. The van der Waals surface area contributed by atoms with Gasteiger partial charge in [-0.15, -0.1) is 0 Å². The highest BCUT2D eigenvalue weighted by molar-refractivity contribution is 5.94. The van der Waals surface area contributed by atoms with Crippen LogP contribution in [0.2, 0.25) is 0 Å². The number of carbonyl (C=O) groups excluding carboxylic acids is 1.